The van der Waals surface area contributed by atoms with Crippen LogP contribution < -0.4 is 5.32 Å². The lowest BCUT2D eigenvalue weighted by molar-refractivity contribution is -0.121. The molecule has 3 aromatic rings. The lowest BCUT2D eigenvalue weighted by atomic mass is 9.78. The molecule has 1 saturated carbocycles. The fourth-order valence-corrected chi connectivity index (χ4v) is 4.88. The summed E-state index contributed by atoms with van der Waals surface area (Å²) in [7, 11) is 0. The molecule has 4 rings (SSSR count). The van der Waals surface area contributed by atoms with E-state index in [-0.39, 0.29) is 5.91 Å². The van der Waals surface area contributed by atoms with E-state index in [4.69, 9.17) is 16.7 Å². The Morgan fingerprint density at radius 3 is 2.41 bits per heavy atom. The van der Waals surface area contributed by atoms with Crippen LogP contribution in [0.15, 0.2) is 48.5 Å². The number of anilines is 1. The Hall–Kier alpha value is -2.37. The van der Waals surface area contributed by atoms with Crippen LogP contribution in [0.5, 0.6) is 0 Å². The van der Waals surface area contributed by atoms with Crippen molar-refractivity contribution in [3.63, 3.8) is 0 Å². The van der Waals surface area contributed by atoms with E-state index >= 15 is 0 Å². The molecule has 1 amide bonds. The molecule has 2 aromatic carbocycles. The SMILES string of the molecule is O=C(O)c1cc2cc(NC(=O)C3(c4ccc(Cl)cc4)CCCC3)ccc2s1. The maximum absolute atomic E-state index is 13.2. The maximum Gasteiger partial charge on any atom is 0.345 e. The van der Waals surface area contributed by atoms with Crippen molar-refractivity contribution in [1.82, 2.24) is 0 Å². The molecule has 0 saturated heterocycles. The van der Waals surface area contributed by atoms with Crippen LogP contribution in [-0.2, 0) is 10.2 Å². The van der Waals surface area contributed by atoms with Crippen molar-refractivity contribution in [2.75, 3.05) is 5.32 Å². The van der Waals surface area contributed by atoms with Crippen LogP contribution in [0.4, 0.5) is 5.69 Å². The van der Waals surface area contributed by atoms with Crippen molar-refractivity contribution in [3.05, 3.63) is 64.0 Å². The second kappa shape index (κ2) is 6.98. The quantitative estimate of drug-likeness (QED) is 0.591. The fraction of sp³-hybridized carbons (Fsp3) is 0.238. The highest BCUT2D eigenvalue weighted by atomic mass is 35.5. The molecular formula is C21H18ClNO3S. The van der Waals surface area contributed by atoms with Crippen LogP contribution in [0.2, 0.25) is 5.02 Å². The Balaban J connectivity index is 1.64. The molecule has 1 aliphatic rings. The standard InChI is InChI=1S/C21H18ClNO3S/c22-15-5-3-14(4-6-15)21(9-1-2-10-21)20(26)23-16-7-8-17-13(11-16)12-18(27-17)19(24)25/h3-8,11-12H,1-2,9-10H2,(H,23,26)(H,24,25). The zero-order chi connectivity index (χ0) is 19.0. The van der Waals surface area contributed by atoms with Gasteiger partial charge in [-0.1, -0.05) is 36.6 Å². The van der Waals surface area contributed by atoms with Gasteiger partial charge in [0.15, 0.2) is 0 Å². The third kappa shape index (κ3) is 3.33. The summed E-state index contributed by atoms with van der Waals surface area (Å²) in [4.78, 5) is 24.7. The molecule has 6 heteroatoms. The molecule has 0 radical (unpaired) electrons. The largest absolute Gasteiger partial charge is 0.477 e. The Labute approximate surface area is 165 Å². The molecule has 4 nitrogen and oxygen atoms in total. The van der Waals surface area contributed by atoms with Crippen molar-refractivity contribution in [1.29, 1.82) is 0 Å². The van der Waals surface area contributed by atoms with E-state index in [1.54, 1.807) is 6.07 Å². The molecule has 0 aliphatic heterocycles. The predicted octanol–water partition coefficient (Wildman–Crippen LogP) is 5.70. The number of benzene rings is 2. The van der Waals surface area contributed by atoms with E-state index in [1.165, 1.54) is 11.3 Å². The smallest absolute Gasteiger partial charge is 0.345 e. The predicted molar refractivity (Wildman–Crippen MR) is 109 cm³/mol. The van der Waals surface area contributed by atoms with Gasteiger partial charge in [-0.05, 0) is 60.2 Å². The van der Waals surface area contributed by atoms with Crippen LogP contribution >= 0.6 is 22.9 Å². The van der Waals surface area contributed by atoms with Crippen LogP contribution in [0.3, 0.4) is 0 Å². The molecule has 1 fully saturated rings. The maximum atomic E-state index is 13.2. The van der Waals surface area contributed by atoms with Gasteiger partial charge in [0, 0.05) is 15.4 Å². The number of halogens is 1. The van der Waals surface area contributed by atoms with E-state index in [1.807, 2.05) is 42.5 Å². The van der Waals surface area contributed by atoms with Gasteiger partial charge in [0.2, 0.25) is 5.91 Å². The van der Waals surface area contributed by atoms with Crippen molar-refractivity contribution in [2.24, 2.45) is 0 Å². The molecule has 1 aromatic heterocycles. The number of rotatable bonds is 4. The number of amides is 1. The van der Waals surface area contributed by atoms with E-state index in [0.29, 0.717) is 15.6 Å². The Morgan fingerprint density at radius 2 is 1.74 bits per heavy atom. The van der Waals surface area contributed by atoms with Gasteiger partial charge in [-0.3, -0.25) is 4.79 Å². The number of carbonyl (C=O) groups is 2. The minimum Gasteiger partial charge on any atom is -0.477 e. The van der Waals surface area contributed by atoms with E-state index in [9.17, 15) is 9.59 Å². The van der Waals surface area contributed by atoms with Gasteiger partial charge in [0.25, 0.3) is 0 Å². The zero-order valence-electron chi connectivity index (χ0n) is 14.5. The van der Waals surface area contributed by atoms with Gasteiger partial charge in [-0.2, -0.15) is 0 Å². The molecule has 0 spiro atoms. The third-order valence-electron chi connectivity index (χ3n) is 5.27. The lowest BCUT2D eigenvalue weighted by Crippen LogP contribution is -2.37. The van der Waals surface area contributed by atoms with Gasteiger partial charge in [0.05, 0.1) is 5.41 Å². The second-order valence-electron chi connectivity index (χ2n) is 6.92. The fourth-order valence-electron chi connectivity index (χ4n) is 3.87. The number of carbonyl (C=O) groups excluding carboxylic acids is 1. The molecule has 1 aliphatic carbocycles. The summed E-state index contributed by atoms with van der Waals surface area (Å²) in [5.41, 5.74) is 1.13. The highest BCUT2D eigenvalue weighted by molar-refractivity contribution is 7.20. The van der Waals surface area contributed by atoms with Crippen LogP contribution in [0.25, 0.3) is 10.1 Å². The summed E-state index contributed by atoms with van der Waals surface area (Å²) in [5, 5.41) is 13.7. The number of hydrogen-bond donors (Lipinski definition) is 2. The van der Waals surface area contributed by atoms with Crippen LogP contribution in [0, 0.1) is 0 Å². The van der Waals surface area contributed by atoms with E-state index in [0.717, 1.165) is 41.3 Å². The van der Waals surface area contributed by atoms with Crippen molar-refractivity contribution < 1.29 is 14.7 Å². The lowest BCUT2D eigenvalue weighted by Gasteiger charge is -2.28. The summed E-state index contributed by atoms with van der Waals surface area (Å²) in [5.74, 6) is -0.954. The Kier molecular flexibility index (Phi) is 4.66. The average molecular weight is 400 g/mol. The summed E-state index contributed by atoms with van der Waals surface area (Å²) < 4.78 is 0.888. The van der Waals surface area contributed by atoms with Crippen molar-refractivity contribution >= 4 is 50.6 Å². The topological polar surface area (TPSA) is 66.4 Å². The number of fused-ring (bicyclic) bond motifs is 1. The number of carboxylic acids is 1. The Bertz CT molecular complexity index is 1020. The highest BCUT2D eigenvalue weighted by Gasteiger charge is 2.42. The normalized spacial score (nSPS) is 15.7. The second-order valence-corrected chi connectivity index (χ2v) is 8.44. The third-order valence-corrected chi connectivity index (χ3v) is 6.63. The molecular weight excluding hydrogens is 382 g/mol. The molecule has 0 atom stereocenters. The monoisotopic (exact) mass is 399 g/mol. The first-order valence-electron chi connectivity index (χ1n) is 8.82. The van der Waals surface area contributed by atoms with Gasteiger partial charge in [-0.25, -0.2) is 4.79 Å². The summed E-state index contributed by atoms with van der Waals surface area (Å²) in [6, 6.07) is 14.7. The minimum atomic E-state index is -0.936. The van der Waals surface area contributed by atoms with Gasteiger partial charge < -0.3 is 10.4 Å². The summed E-state index contributed by atoms with van der Waals surface area (Å²) in [6.07, 6.45) is 3.65. The Morgan fingerprint density at radius 1 is 1.04 bits per heavy atom. The molecule has 0 unspecified atom stereocenters. The first kappa shape index (κ1) is 18.0. The number of nitrogens with one attached hydrogen (secondary N) is 1. The number of hydrogen-bond acceptors (Lipinski definition) is 3. The van der Waals surface area contributed by atoms with Gasteiger partial charge in [-0.15, -0.1) is 11.3 Å². The molecule has 138 valence electrons. The van der Waals surface area contributed by atoms with Crippen LogP contribution in [0.1, 0.15) is 40.9 Å². The molecule has 0 bridgehead atoms. The number of carboxylic acid groups (broad SMARTS) is 1. The molecule has 1 heterocycles. The summed E-state index contributed by atoms with van der Waals surface area (Å²) >= 11 is 7.24. The van der Waals surface area contributed by atoms with Crippen molar-refractivity contribution in [2.45, 2.75) is 31.1 Å². The molecule has 27 heavy (non-hydrogen) atoms. The minimum absolute atomic E-state index is 0.0182. The van der Waals surface area contributed by atoms with Gasteiger partial charge in [0.1, 0.15) is 4.88 Å². The van der Waals surface area contributed by atoms with E-state index in [2.05, 4.69) is 5.32 Å². The summed E-state index contributed by atoms with van der Waals surface area (Å²) in [6.45, 7) is 0. The highest BCUT2D eigenvalue weighted by Crippen LogP contribution is 2.42. The first-order chi connectivity index (χ1) is 13.0. The van der Waals surface area contributed by atoms with Crippen molar-refractivity contribution in [3.8, 4) is 0 Å². The number of thiophene rings is 1. The first-order valence-corrected chi connectivity index (χ1v) is 10.0. The van der Waals surface area contributed by atoms with Crippen LogP contribution in [-0.4, -0.2) is 17.0 Å². The average Bonchev–Trinajstić information content (AvgIpc) is 3.30. The molecule has 2 N–H and O–H groups in total. The zero-order valence-corrected chi connectivity index (χ0v) is 16.1. The van der Waals surface area contributed by atoms with Gasteiger partial charge >= 0.3 is 5.97 Å². The van der Waals surface area contributed by atoms with E-state index < -0.39 is 11.4 Å². The number of aromatic carboxylic acids is 1.